The highest BCUT2D eigenvalue weighted by Gasteiger charge is 2.28. The number of benzene rings is 1. The number of hydrogen-bond donors (Lipinski definition) is 2. The Kier molecular flexibility index (Phi) is 4.78. The monoisotopic (exact) mass is 353 g/mol. The Bertz CT molecular complexity index is 774. The van der Waals surface area contributed by atoms with Gasteiger partial charge in [0.15, 0.2) is 0 Å². The molecule has 0 bridgehead atoms. The summed E-state index contributed by atoms with van der Waals surface area (Å²) in [5.41, 5.74) is 9.25. The zero-order valence-corrected chi connectivity index (χ0v) is 15.4. The number of fused-ring (bicyclic) bond motifs is 1. The van der Waals surface area contributed by atoms with E-state index in [1.54, 1.807) is 12.1 Å². The van der Waals surface area contributed by atoms with Crippen LogP contribution in [0.3, 0.4) is 0 Å². The van der Waals surface area contributed by atoms with Crippen LogP contribution in [-0.4, -0.2) is 57.9 Å². The number of carbonyl (C=O) groups is 1. The van der Waals surface area contributed by atoms with Gasteiger partial charge in [-0.1, -0.05) is 19.1 Å². The minimum atomic E-state index is -0.403. The maximum atomic E-state index is 11.2. The Labute approximate surface area is 154 Å². The lowest BCUT2D eigenvalue weighted by molar-refractivity contribution is 0.0993. The van der Waals surface area contributed by atoms with E-state index in [2.05, 4.69) is 21.7 Å². The lowest BCUT2D eigenvalue weighted by Gasteiger charge is -2.39. The van der Waals surface area contributed by atoms with Crippen molar-refractivity contribution in [2.75, 3.05) is 26.2 Å². The topological polar surface area (TPSA) is 78.2 Å². The second-order valence-electron chi connectivity index (χ2n) is 7.34. The lowest BCUT2D eigenvalue weighted by Crippen LogP contribution is -2.46. The molecule has 6 nitrogen and oxygen atoms in total. The fraction of sp³-hybridized carbons (Fsp3) is 0.500. The molecule has 2 aliphatic rings. The smallest absolute Gasteiger partial charge is 0.248 e. The quantitative estimate of drug-likeness (QED) is 0.881. The summed E-state index contributed by atoms with van der Waals surface area (Å²) in [4.78, 5) is 24.7. The summed E-state index contributed by atoms with van der Waals surface area (Å²) in [5, 5.41) is 0. The molecule has 0 unspecified atom stereocenters. The average molecular weight is 353 g/mol. The molecule has 138 valence electrons. The van der Waals surface area contributed by atoms with Crippen molar-refractivity contribution in [3.63, 3.8) is 0 Å². The average Bonchev–Trinajstić information content (AvgIpc) is 3.11. The van der Waals surface area contributed by atoms with Crippen LogP contribution in [0.5, 0.6) is 0 Å². The van der Waals surface area contributed by atoms with E-state index in [0.29, 0.717) is 11.6 Å². The summed E-state index contributed by atoms with van der Waals surface area (Å²) in [6.45, 7) is 7.88. The van der Waals surface area contributed by atoms with Gasteiger partial charge in [-0.15, -0.1) is 0 Å². The number of nitrogens with two attached hydrogens (primary N) is 1. The first-order chi connectivity index (χ1) is 12.6. The molecule has 26 heavy (non-hydrogen) atoms. The SMILES string of the molecule is CCN1CCC(N2CCc3nc(-c4ccc(C(N)=O)cc4)[nH]c3C2)CC1. The Morgan fingerprint density at radius 3 is 2.62 bits per heavy atom. The second-order valence-corrected chi connectivity index (χ2v) is 7.34. The predicted molar refractivity (Wildman–Crippen MR) is 102 cm³/mol. The maximum absolute atomic E-state index is 11.2. The van der Waals surface area contributed by atoms with Crippen LogP contribution in [0.25, 0.3) is 11.4 Å². The van der Waals surface area contributed by atoms with Gasteiger partial charge < -0.3 is 15.6 Å². The molecule has 0 atom stereocenters. The number of carbonyl (C=O) groups excluding carboxylic acids is 1. The fourth-order valence-electron chi connectivity index (χ4n) is 4.16. The number of nitrogens with one attached hydrogen (secondary N) is 1. The number of H-pyrrole nitrogens is 1. The zero-order valence-electron chi connectivity index (χ0n) is 15.4. The minimum absolute atomic E-state index is 0.403. The van der Waals surface area contributed by atoms with Crippen LogP contribution in [0.1, 0.15) is 41.5 Å². The number of rotatable bonds is 4. The third kappa shape index (κ3) is 3.39. The van der Waals surface area contributed by atoms with E-state index in [-0.39, 0.29) is 0 Å². The van der Waals surface area contributed by atoms with Crippen molar-refractivity contribution in [3.05, 3.63) is 41.2 Å². The van der Waals surface area contributed by atoms with E-state index in [9.17, 15) is 4.79 Å². The Hall–Kier alpha value is -2.18. The van der Waals surface area contributed by atoms with Crippen LogP contribution < -0.4 is 5.73 Å². The fourth-order valence-corrected chi connectivity index (χ4v) is 4.16. The highest BCUT2D eigenvalue weighted by atomic mass is 16.1. The normalized spacial score (nSPS) is 19.4. The Morgan fingerprint density at radius 1 is 1.23 bits per heavy atom. The van der Waals surface area contributed by atoms with E-state index >= 15 is 0 Å². The first kappa shape index (κ1) is 17.2. The number of nitrogens with zero attached hydrogens (tertiary/aromatic N) is 3. The van der Waals surface area contributed by atoms with E-state index < -0.39 is 5.91 Å². The molecule has 3 N–H and O–H groups in total. The van der Waals surface area contributed by atoms with Crippen LogP contribution >= 0.6 is 0 Å². The highest BCUT2D eigenvalue weighted by molar-refractivity contribution is 5.93. The van der Waals surface area contributed by atoms with Gasteiger partial charge >= 0.3 is 0 Å². The number of aromatic nitrogens is 2. The maximum Gasteiger partial charge on any atom is 0.248 e. The zero-order chi connectivity index (χ0) is 18.1. The molecule has 0 aliphatic carbocycles. The number of aromatic amines is 1. The molecule has 0 radical (unpaired) electrons. The molecule has 1 aromatic heterocycles. The van der Waals surface area contributed by atoms with Gasteiger partial charge in [0, 0.05) is 36.7 Å². The van der Waals surface area contributed by atoms with Gasteiger partial charge in [-0.05, 0) is 44.6 Å². The van der Waals surface area contributed by atoms with Crippen molar-refractivity contribution < 1.29 is 4.79 Å². The molecule has 4 rings (SSSR count). The van der Waals surface area contributed by atoms with Gasteiger partial charge in [0.2, 0.25) is 5.91 Å². The summed E-state index contributed by atoms with van der Waals surface area (Å²) >= 11 is 0. The first-order valence-corrected chi connectivity index (χ1v) is 9.58. The van der Waals surface area contributed by atoms with Crippen molar-refractivity contribution in [2.24, 2.45) is 5.73 Å². The molecule has 3 heterocycles. The molecule has 0 saturated carbocycles. The van der Waals surface area contributed by atoms with Crippen LogP contribution in [0, 0.1) is 0 Å². The molecule has 1 saturated heterocycles. The van der Waals surface area contributed by atoms with Crippen molar-refractivity contribution in [2.45, 2.75) is 38.8 Å². The third-order valence-corrected chi connectivity index (χ3v) is 5.82. The number of primary amides is 1. The molecule has 1 aromatic carbocycles. The lowest BCUT2D eigenvalue weighted by atomic mass is 10.0. The van der Waals surface area contributed by atoms with Gasteiger partial charge in [-0.2, -0.15) is 0 Å². The molecule has 6 heteroatoms. The van der Waals surface area contributed by atoms with Gasteiger partial charge in [-0.25, -0.2) is 4.98 Å². The van der Waals surface area contributed by atoms with Crippen LogP contribution in [-0.2, 0) is 13.0 Å². The summed E-state index contributed by atoms with van der Waals surface area (Å²) in [5.74, 6) is 0.480. The van der Waals surface area contributed by atoms with Crippen molar-refractivity contribution in [1.82, 2.24) is 19.8 Å². The Balaban J connectivity index is 1.46. The molecular formula is C20H27N5O. The first-order valence-electron chi connectivity index (χ1n) is 9.58. The van der Waals surface area contributed by atoms with E-state index in [0.717, 1.165) is 37.4 Å². The van der Waals surface area contributed by atoms with Crippen molar-refractivity contribution >= 4 is 5.91 Å². The van der Waals surface area contributed by atoms with Crippen LogP contribution in [0.15, 0.2) is 24.3 Å². The summed E-state index contributed by atoms with van der Waals surface area (Å²) in [6.07, 6.45) is 3.52. The predicted octanol–water partition coefficient (Wildman–Crippen LogP) is 2.02. The van der Waals surface area contributed by atoms with Crippen molar-refractivity contribution in [1.29, 1.82) is 0 Å². The molecule has 1 amide bonds. The molecular weight excluding hydrogens is 326 g/mol. The number of imidazole rings is 1. The number of piperidine rings is 1. The van der Waals surface area contributed by atoms with Crippen molar-refractivity contribution in [3.8, 4) is 11.4 Å². The molecule has 2 aromatic rings. The number of likely N-dealkylation sites (tertiary alicyclic amines) is 1. The summed E-state index contributed by atoms with van der Waals surface area (Å²) in [6, 6.07) is 8.01. The summed E-state index contributed by atoms with van der Waals surface area (Å²) in [7, 11) is 0. The third-order valence-electron chi connectivity index (χ3n) is 5.82. The minimum Gasteiger partial charge on any atom is -0.366 e. The molecule has 0 spiro atoms. The largest absolute Gasteiger partial charge is 0.366 e. The van der Waals surface area contributed by atoms with Crippen LogP contribution in [0.4, 0.5) is 0 Å². The van der Waals surface area contributed by atoms with E-state index in [1.165, 1.54) is 37.3 Å². The van der Waals surface area contributed by atoms with E-state index in [1.807, 2.05) is 12.1 Å². The second kappa shape index (κ2) is 7.21. The van der Waals surface area contributed by atoms with Crippen LogP contribution in [0.2, 0.25) is 0 Å². The number of amides is 1. The van der Waals surface area contributed by atoms with Gasteiger partial charge in [0.1, 0.15) is 5.82 Å². The summed E-state index contributed by atoms with van der Waals surface area (Å²) < 4.78 is 0. The van der Waals surface area contributed by atoms with Gasteiger partial charge in [0.05, 0.1) is 11.4 Å². The molecule has 1 fully saturated rings. The number of hydrogen-bond acceptors (Lipinski definition) is 4. The Morgan fingerprint density at radius 2 is 1.96 bits per heavy atom. The molecule has 2 aliphatic heterocycles. The van der Waals surface area contributed by atoms with Gasteiger partial charge in [-0.3, -0.25) is 9.69 Å². The van der Waals surface area contributed by atoms with E-state index in [4.69, 9.17) is 10.7 Å². The highest BCUT2D eigenvalue weighted by Crippen LogP contribution is 2.26. The van der Waals surface area contributed by atoms with Gasteiger partial charge in [0.25, 0.3) is 0 Å². The standard InChI is InChI=1S/C20H27N5O/c1-2-24-10-7-16(8-11-24)25-12-9-17-18(13-25)23-20(22-17)15-5-3-14(4-6-15)19(21)26/h3-6,16H,2,7-13H2,1H3,(H2,21,26)(H,22,23).